The Labute approximate surface area is 82.9 Å². The fourth-order valence-corrected chi connectivity index (χ4v) is 2.28. The van der Waals surface area contributed by atoms with Crippen LogP contribution in [0.25, 0.3) is 0 Å². The van der Waals surface area contributed by atoms with Crippen molar-refractivity contribution < 1.29 is 14.7 Å². The first kappa shape index (κ1) is 9.49. The molecule has 4 nitrogen and oxygen atoms in total. The summed E-state index contributed by atoms with van der Waals surface area (Å²) in [4.78, 5) is 16.0. The lowest BCUT2D eigenvalue weighted by molar-refractivity contribution is -0.129. The van der Waals surface area contributed by atoms with Crippen molar-refractivity contribution in [3.63, 3.8) is 0 Å². The number of carboxylic acids is 1. The number of nitrogens with zero attached hydrogens (tertiary/aromatic N) is 1. The molecule has 0 spiro atoms. The van der Waals surface area contributed by atoms with Crippen LogP contribution in [0.15, 0.2) is 5.16 Å². The summed E-state index contributed by atoms with van der Waals surface area (Å²) in [6.45, 7) is 0. The van der Waals surface area contributed by atoms with Crippen LogP contribution in [0, 0.1) is 5.92 Å². The summed E-state index contributed by atoms with van der Waals surface area (Å²) in [6, 6.07) is 0. The van der Waals surface area contributed by atoms with Crippen LogP contribution >= 0.6 is 0 Å². The summed E-state index contributed by atoms with van der Waals surface area (Å²) in [7, 11) is 0. The van der Waals surface area contributed by atoms with Crippen molar-refractivity contribution in [1.29, 1.82) is 0 Å². The average molecular weight is 197 g/mol. The van der Waals surface area contributed by atoms with Gasteiger partial charge in [0.2, 0.25) is 0 Å². The lowest BCUT2D eigenvalue weighted by Gasteiger charge is -2.20. The molecule has 2 aliphatic rings. The third-order valence-corrected chi connectivity index (χ3v) is 3.06. The minimum absolute atomic E-state index is 0.0291. The average Bonchev–Trinajstić information content (AvgIpc) is 2.47. The van der Waals surface area contributed by atoms with Crippen molar-refractivity contribution in [2.75, 3.05) is 0 Å². The van der Waals surface area contributed by atoms with E-state index in [-0.39, 0.29) is 17.7 Å². The first-order chi connectivity index (χ1) is 6.79. The maximum atomic E-state index is 10.8. The SMILES string of the molecule is O=C(O)C1=NO[C@@H]2CCCCCC[C@@H]12. The van der Waals surface area contributed by atoms with E-state index in [2.05, 4.69) is 5.16 Å². The highest BCUT2D eigenvalue weighted by Crippen LogP contribution is 2.30. The molecule has 0 aromatic rings. The van der Waals surface area contributed by atoms with E-state index < -0.39 is 5.97 Å². The van der Waals surface area contributed by atoms with Gasteiger partial charge in [-0.25, -0.2) is 4.79 Å². The van der Waals surface area contributed by atoms with Crippen molar-refractivity contribution in [3.8, 4) is 0 Å². The van der Waals surface area contributed by atoms with E-state index >= 15 is 0 Å². The maximum absolute atomic E-state index is 10.8. The summed E-state index contributed by atoms with van der Waals surface area (Å²) >= 11 is 0. The molecule has 14 heavy (non-hydrogen) atoms. The summed E-state index contributed by atoms with van der Waals surface area (Å²) in [5.74, 6) is -0.883. The first-order valence-corrected chi connectivity index (χ1v) is 5.26. The van der Waals surface area contributed by atoms with Crippen LogP contribution < -0.4 is 0 Å². The molecule has 1 N–H and O–H groups in total. The molecular formula is C10H15NO3. The summed E-state index contributed by atoms with van der Waals surface area (Å²) in [5, 5.41) is 12.6. The monoisotopic (exact) mass is 197 g/mol. The largest absolute Gasteiger partial charge is 0.477 e. The zero-order valence-corrected chi connectivity index (χ0v) is 8.11. The molecule has 1 fully saturated rings. The van der Waals surface area contributed by atoms with Crippen molar-refractivity contribution in [3.05, 3.63) is 0 Å². The standard InChI is InChI=1S/C10H15NO3/c12-10(13)9-7-5-3-1-2-4-6-8(7)14-11-9/h7-8H,1-6H2,(H,12,13)/t7-,8-/m1/s1. The number of carboxylic acid groups (broad SMARTS) is 1. The van der Waals surface area contributed by atoms with Gasteiger partial charge in [-0.1, -0.05) is 24.4 Å². The predicted octanol–water partition coefficient (Wildman–Crippen LogP) is 1.80. The van der Waals surface area contributed by atoms with Gasteiger partial charge in [0.25, 0.3) is 0 Å². The molecule has 1 aliphatic heterocycles. The molecule has 0 aromatic carbocycles. The van der Waals surface area contributed by atoms with Gasteiger partial charge in [-0.3, -0.25) is 0 Å². The second-order valence-corrected chi connectivity index (χ2v) is 4.02. The Balaban J connectivity index is 2.07. The van der Waals surface area contributed by atoms with E-state index in [0.717, 1.165) is 25.7 Å². The van der Waals surface area contributed by atoms with Gasteiger partial charge < -0.3 is 9.94 Å². The van der Waals surface area contributed by atoms with Gasteiger partial charge in [0, 0.05) is 0 Å². The first-order valence-electron chi connectivity index (χ1n) is 5.26. The molecule has 0 bridgehead atoms. The van der Waals surface area contributed by atoms with Crippen molar-refractivity contribution in [2.45, 2.75) is 44.6 Å². The molecule has 0 saturated heterocycles. The predicted molar refractivity (Wildman–Crippen MR) is 51.1 cm³/mol. The Morgan fingerprint density at radius 1 is 1.29 bits per heavy atom. The van der Waals surface area contributed by atoms with Gasteiger partial charge in [0.05, 0.1) is 5.92 Å². The van der Waals surface area contributed by atoms with Crippen LogP contribution in [0.5, 0.6) is 0 Å². The highest BCUT2D eigenvalue weighted by Gasteiger charge is 2.37. The van der Waals surface area contributed by atoms with Crippen molar-refractivity contribution in [2.24, 2.45) is 11.1 Å². The maximum Gasteiger partial charge on any atom is 0.354 e. The summed E-state index contributed by atoms with van der Waals surface area (Å²) in [6.07, 6.45) is 6.55. The number of fused-ring (bicyclic) bond motifs is 1. The lowest BCUT2D eigenvalue weighted by atomic mass is 9.86. The number of hydrogen-bond donors (Lipinski definition) is 1. The van der Waals surface area contributed by atoms with Crippen LogP contribution in [0.1, 0.15) is 38.5 Å². The molecular weight excluding hydrogens is 182 g/mol. The fraction of sp³-hybridized carbons (Fsp3) is 0.800. The third-order valence-electron chi connectivity index (χ3n) is 3.06. The molecule has 2 atom stereocenters. The van der Waals surface area contributed by atoms with Crippen LogP contribution in [-0.4, -0.2) is 22.9 Å². The van der Waals surface area contributed by atoms with Crippen LogP contribution in [0.4, 0.5) is 0 Å². The fourth-order valence-electron chi connectivity index (χ4n) is 2.28. The molecule has 1 saturated carbocycles. The van der Waals surface area contributed by atoms with E-state index in [1.165, 1.54) is 12.8 Å². The molecule has 0 unspecified atom stereocenters. The number of hydrogen-bond acceptors (Lipinski definition) is 3. The van der Waals surface area contributed by atoms with Gasteiger partial charge in [0.1, 0.15) is 6.10 Å². The van der Waals surface area contributed by atoms with Crippen molar-refractivity contribution >= 4 is 11.7 Å². The molecule has 0 amide bonds. The Morgan fingerprint density at radius 2 is 2.00 bits per heavy atom. The Bertz CT molecular complexity index is 262. The van der Waals surface area contributed by atoms with Crippen molar-refractivity contribution in [1.82, 2.24) is 0 Å². The van der Waals surface area contributed by atoms with Gasteiger partial charge in [-0.15, -0.1) is 0 Å². The van der Waals surface area contributed by atoms with Crippen LogP contribution in [-0.2, 0) is 9.63 Å². The number of aliphatic carboxylic acids is 1. The van der Waals surface area contributed by atoms with Crippen LogP contribution in [0.2, 0.25) is 0 Å². The highest BCUT2D eigenvalue weighted by atomic mass is 16.6. The summed E-state index contributed by atoms with van der Waals surface area (Å²) in [5.41, 5.74) is 0.233. The van der Waals surface area contributed by atoms with E-state index in [1.807, 2.05) is 0 Å². The normalized spacial score (nSPS) is 32.1. The molecule has 0 aromatic heterocycles. The molecule has 2 rings (SSSR count). The van der Waals surface area contributed by atoms with E-state index in [4.69, 9.17) is 9.94 Å². The topological polar surface area (TPSA) is 58.9 Å². The van der Waals surface area contributed by atoms with Gasteiger partial charge >= 0.3 is 5.97 Å². The Kier molecular flexibility index (Phi) is 2.70. The highest BCUT2D eigenvalue weighted by molar-refractivity contribution is 6.36. The van der Waals surface area contributed by atoms with Gasteiger partial charge in [0.15, 0.2) is 5.71 Å². The summed E-state index contributed by atoms with van der Waals surface area (Å²) < 4.78 is 0. The second-order valence-electron chi connectivity index (χ2n) is 4.02. The Hall–Kier alpha value is -1.06. The van der Waals surface area contributed by atoms with E-state index in [9.17, 15) is 4.79 Å². The lowest BCUT2D eigenvalue weighted by Crippen LogP contribution is -2.29. The minimum Gasteiger partial charge on any atom is -0.477 e. The zero-order valence-electron chi connectivity index (χ0n) is 8.11. The van der Waals surface area contributed by atoms with E-state index in [0.29, 0.717) is 0 Å². The third kappa shape index (κ3) is 1.74. The zero-order chi connectivity index (χ0) is 9.97. The minimum atomic E-state index is -0.918. The number of oxime groups is 1. The molecule has 1 heterocycles. The molecule has 1 aliphatic carbocycles. The van der Waals surface area contributed by atoms with E-state index in [1.54, 1.807) is 0 Å². The number of carbonyl (C=O) groups is 1. The quantitative estimate of drug-likeness (QED) is 0.697. The van der Waals surface area contributed by atoms with Crippen LogP contribution in [0.3, 0.4) is 0 Å². The number of rotatable bonds is 1. The second kappa shape index (κ2) is 3.98. The molecule has 78 valence electrons. The smallest absolute Gasteiger partial charge is 0.354 e. The van der Waals surface area contributed by atoms with Gasteiger partial charge in [-0.05, 0) is 19.3 Å². The van der Waals surface area contributed by atoms with Gasteiger partial charge in [-0.2, -0.15) is 0 Å². The Morgan fingerprint density at radius 3 is 2.71 bits per heavy atom. The molecule has 0 radical (unpaired) electrons. The molecule has 4 heteroatoms.